The summed E-state index contributed by atoms with van der Waals surface area (Å²) in [6.45, 7) is 7.63. The number of unbranched alkanes of at least 4 members (excludes halogenated alkanes) is 6. The van der Waals surface area contributed by atoms with E-state index in [1.54, 1.807) is 0 Å². The number of imidazole rings is 1. The van der Waals surface area contributed by atoms with Gasteiger partial charge in [-0.15, -0.1) is 0 Å². The Kier molecular flexibility index (Phi) is 6.54. The maximum Gasteiger partial charge on any atom is 0.141 e. The molecule has 144 valence electrons. The molecule has 0 saturated heterocycles. The summed E-state index contributed by atoms with van der Waals surface area (Å²) in [6.07, 6.45) is 9.24. The summed E-state index contributed by atoms with van der Waals surface area (Å²) in [4.78, 5) is 4.98. The molecule has 3 nitrogen and oxygen atoms in total. The second kappa shape index (κ2) is 9.07. The van der Waals surface area contributed by atoms with Crippen LogP contribution in [0.2, 0.25) is 0 Å². The summed E-state index contributed by atoms with van der Waals surface area (Å²) >= 11 is 0. The summed E-state index contributed by atoms with van der Waals surface area (Å²) in [6, 6.07) is 12.6. The average Bonchev–Trinajstić information content (AvgIpc) is 2.99. The van der Waals surface area contributed by atoms with Gasteiger partial charge in [0.05, 0.1) is 11.0 Å². The molecule has 1 heterocycles. The van der Waals surface area contributed by atoms with Crippen LogP contribution in [-0.4, -0.2) is 9.55 Å². The first-order valence-corrected chi connectivity index (χ1v) is 10.4. The molecular weight excluding hydrogens is 330 g/mol. The van der Waals surface area contributed by atoms with Crippen LogP contribution in [0.25, 0.3) is 22.4 Å². The minimum absolute atomic E-state index is 0.792. The van der Waals surface area contributed by atoms with Crippen LogP contribution in [0.4, 0.5) is 5.69 Å². The molecule has 0 aliphatic carbocycles. The van der Waals surface area contributed by atoms with Gasteiger partial charge in [-0.3, -0.25) is 0 Å². The number of rotatable bonds is 9. The zero-order valence-electron chi connectivity index (χ0n) is 17.1. The van der Waals surface area contributed by atoms with Crippen LogP contribution in [0.15, 0.2) is 36.4 Å². The SMILES string of the molecule is CCCCCCCCCn1c(-c2ccc(N)cc2)nc2cc(C)c(C)cc21. The first-order chi connectivity index (χ1) is 13.1. The van der Waals surface area contributed by atoms with Crippen molar-refractivity contribution in [3.63, 3.8) is 0 Å². The van der Waals surface area contributed by atoms with E-state index in [2.05, 4.69) is 49.6 Å². The molecule has 2 aromatic carbocycles. The monoisotopic (exact) mass is 363 g/mol. The Hall–Kier alpha value is -2.29. The number of anilines is 1. The molecule has 0 aliphatic rings. The molecule has 0 fully saturated rings. The molecule has 27 heavy (non-hydrogen) atoms. The summed E-state index contributed by atoms with van der Waals surface area (Å²) in [5, 5.41) is 0. The molecule has 2 N–H and O–H groups in total. The van der Waals surface area contributed by atoms with Gasteiger partial charge in [0.2, 0.25) is 0 Å². The third-order valence-electron chi connectivity index (χ3n) is 5.52. The number of benzene rings is 2. The zero-order chi connectivity index (χ0) is 19.2. The number of hydrogen-bond donors (Lipinski definition) is 1. The van der Waals surface area contributed by atoms with E-state index in [1.807, 2.05) is 12.1 Å². The Morgan fingerprint density at radius 1 is 0.852 bits per heavy atom. The lowest BCUT2D eigenvalue weighted by Crippen LogP contribution is -2.01. The highest BCUT2D eigenvalue weighted by Crippen LogP contribution is 2.28. The van der Waals surface area contributed by atoms with E-state index in [0.29, 0.717) is 0 Å². The lowest BCUT2D eigenvalue weighted by molar-refractivity contribution is 0.557. The van der Waals surface area contributed by atoms with Crippen molar-refractivity contribution in [3.8, 4) is 11.4 Å². The summed E-state index contributed by atoms with van der Waals surface area (Å²) in [5.41, 5.74) is 12.8. The Balaban J connectivity index is 1.83. The molecule has 0 unspecified atom stereocenters. The van der Waals surface area contributed by atoms with E-state index in [0.717, 1.165) is 29.1 Å². The van der Waals surface area contributed by atoms with Crippen LogP contribution in [0.5, 0.6) is 0 Å². The van der Waals surface area contributed by atoms with Gasteiger partial charge in [-0.05, 0) is 67.8 Å². The fourth-order valence-corrected chi connectivity index (χ4v) is 3.69. The molecule has 0 bridgehead atoms. The fraction of sp³-hybridized carbons (Fsp3) is 0.458. The lowest BCUT2D eigenvalue weighted by atomic mass is 10.1. The molecule has 3 heteroatoms. The molecule has 0 aliphatic heterocycles. The molecule has 0 radical (unpaired) electrons. The van der Waals surface area contributed by atoms with Crippen molar-refractivity contribution in [2.75, 3.05) is 5.73 Å². The number of aromatic nitrogens is 2. The van der Waals surface area contributed by atoms with Gasteiger partial charge in [0.1, 0.15) is 5.82 Å². The van der Waals surface area contributed by atoms with Gasteiger partial charge in [-0.25, -0.2) is 4.98 Å². The van der Waals surface area contributed by atoms with Crippen LogP contribution < -0.4 is 5.73 Å². The zero-order valence-corrected chi connectivity index (χ0v) is 17.1. The number of fused-ring (bicyclic) bond motifs is 1. The highest BCUT2D eigenvalue weighted by atomic mass is 15.1. The lowest BCUT2D eigenvalue weighted by Gasteiger charge is -2.10. The summed E-state index contributed by atoms with van der Waals surface area (Å²) in [7, 11) is 0. The molecule has 0 spiro atoms. The first kappa shape index (κ1) is 19.5. The van der Waals surface area contributed by atoms with E-state index >= 15 is 0 Å². The second-order valence-corrected chi connectivity index (χ2v) is 7.76. The molecule has 0 saturated carbocycles. The number of hydrogen-bond acceptors (Lipinski definition) is 2. The van der Waals surface area contributed by atoms with E-state index in [9.17, 15) is 0 Å². The quantitative estimate of drug-likeness (QED) is 0.341. The van der Waals surface area contributed by atoms with Crippen LogP contribution >= 0.6 is 0 Å². The van der Waals surface area contributed by atoms with Gasteiger partial charge in [0, 0.05) is 17.8 Å². The molecule has 1 aromatic heterocycles. The Labute approximate surface area is 163 Å². The predicted octanol–water partition coefficient (Wildman–Crippen LogP) is 6.65. The second-order valence-electron chi connectivity index (χ2n) is 7.76. The van der Waals surface area contributed by atoms with Gasteiger partial charge in [-0.1, -0.05) is 45.4 Å². The molecule has 0 atom stereocenters. The van der Waals surface area contributed by atoms with E-state index in [1.165, 1.54) is 61.6 Å². The minimum Gasteiger partial charge on any atom is -0.399 e. The van der Waals surface area contributed by atoms with Gasteiger partial charge < -0.3 is 10.3 Å². The van der Waals surface area contributed by atoms with Crippen molar-refractivity contribution in [1.29, 1.82) is 0 Å². The molecule has 3 aromatic rings. The minimum atomic E-state index is 0.792. The first-order valence-electron chi connectivity index (χ1n) is 10.4. The van der Waals surface area contributed by atoms with Crippen molar-refractivity contribution in [3.05, 3.63) is 47.5 Å². The predicted molar refractivity (Wildman–Crippen MR) is 117 cm³/mol. The smallest absolute Gasteiger partial charge is 0.141 e. The van der Waals surface area contributed by atoms with Crippen molar-refractivity contribution in [1.82, 2.24) is 9.55 Å². The Morgan fingerprint density at radius 2 is 1.48 bits per heavy atom. The van der Waals surface area contributed by atoms with Crippen LogP contribution in [0, 0.1) is 13.8 Å². The number of aryl methyl sites for hydroxylation is 3. The van der Waals surface area contributed by atoms with Crippen molar-refractivity contribution in [2.24, 2.45) is 0 Å². The van der Waals surface area contributed by atoms with Crippen LogP contribution in [0.1, 0.15) is 63.0 Å². The standard InChI is InChI=1S/C24H33N3/c1-4-5-6-7-8-9-10-15-27-23-17-19(3)18(2)16-22(23)26-24(27)20-11-13-21(25)14-12-20/h11-14,16-17H,4-10,15,25H2,1-3H3. The highest BCUT2D eigenvalue weighted by Gasteiger charge is 2.13. The van der Waals surface area contributed by atoms with Crippen LogP contribution in [-0.2, 0) is 6.54 Å². The largest absolute Gasteiger partial charge is 0.399 e. The van der Waals surface area contributed by atoms with Gasteiger partial charge >= 0.3 is 0 Å². The fourth-order valence-electron chi connectivity index (χ4n) is 3.69. The highest BCUT2D eigenvalue weighted by molar-refractivity contribution is 5.82. The van der Waals surface area contributed by atoms with Gasteiger partial charge in [-0.2, -0.15) is 0 Å². The van der Waals surface area contributed by atoms with E-state index in [4.69, 9.17) is 10.7 Å². The van der Waals surface area contributed by atoms with Crippen molar-refractivity contribution < 1.29 is 0 Å². The van der Waals surface area contributed by atoms with E-state index < -0.39 is 0 Å². The number of nitrogens with zero attached hydrogens (tertiary/aromatic N) is 2. The van der Waals surface area contributed by atoms with Gasteiger partial charge in [0.15, 0.2) is 0 Å². The number of nitrogens with two attached hydrogens (primary N) is 1. The van der Waals surface area contributed by atoms with E-state index in [-0.39, 0.29) is 0 Å². The third kappa shape index (κ3) is 4.71. The molecular formula is C24H33N3. The topological polar surface area (TPSA) is 43.8 Å². The maximum atomic E-state index is 5.88. The maximum absolute atomic E-state index is 5.88. The van der Waals surface area contributed by atoms with Crippen LogP contribution in [0.3, 0.4) is 0 Å². The van der Waals surface area contributed by atoms with Crippen molar-refractivity contribution >= 4 is 16.7 Å². The third-order valence-corrected chi connectivity index (χ3v) is 5.52. The molecule has 0 amide bonds. The normalized spacial score (nSPS) is 11.4. The summed E-state index contributed by atoms with van der Waals surface area (Å²) < 4.78 is 2.40. The Morgan fingerprint density at radius 3 is 2.19 bits per heavy atom. The summed E-state index contributed by atoms with van der Waals surface area (Å²) in [5.74, 6) is 1.06. The molecule has 3 rings (SSSR count). The number of nitrogen functional groups attached to an aromatic ring is 1. The average molecular weight is 364 g/mol. The Bertz CT molecular complexity index is 875. The van der Waals surface area contributed by atoms with Crippen molar-refractivity contribution in [2.45, 2.75) is 72.3 Å². The van der Waals surface area contributed by atoms with Gasteiger partial charge in [0.25, 0.3) is 0 Å².